The fourth-order valence-corrected chi connectivity index (χ4v) is 8.09. The summed E-state index contributed by atoms with van der Waals surface area (Å²) in [7, 11) is 0. The molecule has 0 aromatic rings. The summed E-state index contributed by atoms with van der Waals surface area (Å²) in [6, 6.07) is 0. The van der Waals surface area contributed by atoms with E-state index in [0.717, 1.165) is 44.9 Å². The molecule has 4 heteroatoms. The Bertz CT molecular complexity index is 604. The van der Waals surface area contributed by atoms with Crippen molar-refractivity contribution in [3.8, 4) is 0 Å². The van der Waals surface area contributed by atoms with Crippen molar-refractivity contribution in [1.29, 1.82) is 0 Å². The fourth-order valence-electron chi connectivity index (χ4n) is 7.63. The first-order valence-electron chi connectivity index (χ1n) is 10.1. The van der Waals surface area contributed by atoms with E-state index in [-0.39, 0.29) is 21.9 Å². The molecule has 0 aromatic carbocycles. The van der Waals surface area contributed by atoms with Gasteiger partial charge >= 0.3 is 0 Å². The van der Waals surface area contributed by atoms with Crippen LogP contribution in [0.25, 0.3) is 0 Å². The number of rotatable bonds is 2. The first-order chi connectivity index (χ1) is 11.8. The van der Waals surface area contributed by atoms with Crippen LogP contribution in [0.5, 0.6) is 0 Å². The lowest BCUT2D eigenvalue weighted by Crippen LogP contribution is -2.58. The Hall–Kier alpha value is -0.220. The topological polar surface area (TPSA) is 54.4 Å². The Kier molecular flexibility index (Phi) is 4.28. The van der Waals surface area contributed by atoms with Gasteiger partial charge in [0.2, 0.25) is 0 Å². The lowest BCUT2D eigenvalue weighted by Gasteiger charge is -2.60. The molecule has 4 aliphatic rings. The molecular weight excluding hydrogens is 380 g/mol. The van der Waals surface area contributed by atoms with Crippen molar-refractivity contribution < 1.29 is 14.7 Å². The quantitative estimate of drug-likeness (QED) is 0.690. The molecule has 0 unspecified atom stereocenters. The van der Waals surface area contributed by atoms with Crippen LogP contribution in [0.4, 0.5) is 0 Å². The van der Waals surface area contributed by atoms with Gasteiger partial charge in [0, 0.05) is 18.3 Å². The van der Waals surface area contributed by atoms with Gasteiger partial charge in [-0.2, -0.15) is 0 Å². The molecule has 0 aliphatic heterocycles. The van der Waals surface area contributed by atoms with E-state index in [1.165, 1.54) is 6.42 Å². The standard InChI is InChI=1S/C21H31BrO3/c1-19-8-5-14(23)11-13(19)3-4-15-16(19)6-9-20(2)17(15)7-10-21(20,25)18(24)12-22/h13,15-17,25H,3-12H2,1-2H3/t13-,15-,16+,17+,19+,20+,21+/m1/s1. The molecule has 140 valence electrons. The second kappa shape index (κ2) is 5.89. The molecule has 0 bridgehead atoms. The van der Waals surface area contributed by atoms with E-state index in [4.69, 9.17) is 0 Å². The molecule has 4 saturated carbocycles. The van der Waals surface area contributed by atoms with Gasteiger partial charge in [-0.25, -0.2) is 0 Å². The average Bonchev–Trinajstić information content (AvgIpc) is 2.87. The monoisotopic (exact) mass is 410 g/mol. The third kappa shape index (κ3) is 2.32. The molecule has 1 N–H and O–H groups in total. The van der Waals surface area contributed by atoms with Crippen molar-refractivity contribution in [2.24, 2.45) is 34.5 Å². The van der Waals surface area contributed by atoms with E-state index in [1.807, 2.05) is 0 Å². The number of ketones is 2. The number of Topliss-reactive ketones (excluding diaryl/α,β-unsaturated/α-hetero) is 2. The maximum Gasteiger partial charge on any atom is 0.175 e. The average molecular weight is 411 g/mol. The van der Waals surface area contributed by atoms with E-state index in [1.54, 1.807) is 0 Å². The van der Waals surface area contributed by atoms with Gasteiger partial charge in [0.05, 0.1) is 5.33 Å². The molecule has 4 aliphatic carbocycles. The van der Waals surface area contributed by atoms with Gasteiger partial charge < -0.3 is 5.11 Å². The minimum Gasteiger partial charge on any atom is -0.381 e. The highest BCUT2D eigenvalue weighted by atomic mass is 79.9. The van der Waals surface area contributed by atoms with Crippen LogP contribution in [0.15, 0.2) is 0 Å². The summed E-state index contributed by atoms with van der Waals surface area (Å²) in [4.78, 5) is 24.5. The van der Waals surface area contributed by atoms with E-state index >= 15 is 0 Å². The van der Waals surface area contributed by atoms with Crippen LogP contribution in [0.3, 0.4) is 0 Å². The minimum atomic E-state index is -1.15. The van der Waals surface area contributed by atoms with Gasteiger partial charge in [-0.1, -0.05) is 29.8 Å². The van der Waals surface area contributed by atoms with Crippen molar-refractivity contribution in [2.45, 2.75) is 77.2 Å². The number of aliphatic hydroxyl groups is 1. The molecule has 4 rings (SSSR count). The SMILES string of the molecule is C[C@]12CCC(=O)C[C@H]1CC[C@@H]1[C@@H]2CC[C@@]2(C)[C@H]1CC[C@]2(O)C(=O)CBr. The minimum absolute atomic E-state index is 0.0286. The first-order valence-corrected chi connectivity index (χ1v) is 11.2. The lowest BCUT2D eigenvalue weighted by atomic mass is 9.44. The van der Waals surface area contributed by atoms with Gasteiger partial charge in [-0.3, -0.25) is 9.59 Å². The van der Waals surface area contributed by atoms with Gasteiger partial charge in [0.1, 0.15) is 11.4 Å². The number of carbonyl (C=O) groups excluding carboxylic acids is 2. The summed E-state index contributed by atoms with van der Waals surface area (Å²) >= 11 is 3.29. The van der Waals surface area contributed by atoms with E-state index in [0.29, 0.717) is 35.9 Å². The summed E-state index contributed by atoms with van der Waals surface area (Å²) in [6.45, 7) is 4.62. The van der Waals surface area contributed by atoms with Crippen molar-refractivity contribution >= 4 is 27.5 Å². The molecule has 0 saturated heterocycles. The largest absolute Gasteiger partial charge is 0.381 e. The van der Waals surface area contributed by atoms with Crippen LogP contribution in [0.2, 0.25) is 0 Å². The van der Waals surface area contributed by atoms with Crippen molar-refractivity contribution in [3.05, 3.63) is 0 Å². The van der Waals surface area contributed by atoms with Crippen LogP contribution >= 0.6 is 15.9 Å². The van der Waals surface area contributed by atoms with Gasteiger partial charge in [0.15, 0.2) is 5.78 Å². The van der Waals surface area contributed by atoms with Crippen LogP contribution in [-0.2, 0) is 9.59 Å². The van der Waals surface area contributed by atoms with Crippen molar-refractivity contribution in [3.63, 3.8) is 0 Å². The van der Waals surface area contributed by atoms with Crippen molar-refractivity contribution in [1.82, 2.24) is 0 Å². The molecule has 0 spiro atoms. The van der Waals surface area contributed by atoms with Crippen LogP contribution in [-0.4, -0.2) is 27.6 Å². The Morgan fingerprint density at radius 1 is 1.12 bits per heavy atom. The predicted molar refractivity (Wildman–Crippen MR) is 100 cm³/mol. The molecule has 0 radical (unpaired) electrons. The molecule has 0 amide bonds. The maximum absolute atomic E-state index is 12.5. The van der Waals surface area contributed by atoms with Crippen LogP contribution in [0.1, 0.15) is 71.6 Å². The Morgan fingerprint density at radius 2 is 1.84 bits per heavy atom. The summed E-state index contributed by atoms with van der Waals surface area (Å²) < 4.78 is 0. The molecular formula is C21H31BrO3. The highest BCUT2D eigenvalue weighted by Gasteiger charge is 2.66. The van der Waals surface area contributed by atoms with E-state index < -0.39 is 5.60 Å². The number of hydrogen-bond donors (Lipinski definition) is 1. The Labute approximate surface area is 159 Å². The lowest BCUT2D eigenvalue weighted by molar-refractivity contribution is -0.168. The Morgan fingerprint density at radius 3 is 2.56 bits per heavy atom. The predicted octanol–water partition coefficient (Wildman–Crippen LogP) is 4.29. The molecule has 4 fully saturated rings. The third-order valence-corrected chi connectivity index (χ3v) is 9.73. The second-order valence-electron chi connectivity index (χ2n) is 9.81. The van der Waals surface area contributed by atoms with E-state index in [2.05, 4.69) is 29.8 Å². The van der Waals surface area contributed by atoms with E-state index in [9.17, 15) is 14.7 Å². The van der Waals surface area contributed by atoms with Crippen LogP contribution in [0, 0.1) is 34.5 Å². The normalized spacial score (nSPS) is 52.2. The summed E-state index contributed by atoms with van der Waals surface area (Å²) in [5, 5.41) is 11.6. The van der Waals surface area contributed by atoms with Gasteiger partial charge in [-0.15, -0.1) is 0 Å². The smallest absolute Gasteiger partial charge is 0.175 e. The Balaban J connectivity index is 1.64. The number of halogens is 1. The zero-order valence-electron chi connectivity index (χ0n) is 15.5. The summed E-state index contributed by atoms with van der Waals surface area (Å²) in [6.07, 6.45) is 8.58. The molecule has 0 aromatic heterocycles. The molecule has 3 nitrogen and oxygen atoms in total. The maximum atomic E-state index is 12.5. The number of hydrogen-bond acceptors (Lipinski definition) is 3. The highest BCUT2D eigenvalue weighted by molar-refractivity contribution is 9.09. The third-order valence-electron chi connectivity index (χ3n) is 9.22. The summed E-state index contributed by atoms with van der Waals surface area (Å²) in [5.41, 5.74) is -1.13. The van der Waals surface area contributed by atoms with Gasteiger partial charge in [-0.05, 0) is 74.0 Å². The zero-order chi connectivity index (χ0) is 18.0. The van der Waals surface area contributed by atoms with Crippen molar-refractivity contribution in [2.75, 3.05) is 5.33 Å². The summed E-state index contributed by atoms with van der Waals surface area (Å²) in [5.74, 6) is 2.72. The second-order valence-corrected chi connectivity index (χ2v) is 10.4. The molecule has 7 atom stereocenters. The van der Waals surface area contributed by atoms with Crippen LogP contribution < -0.4 is 0 Å². The highest BCUT2D eigenvalue weighted by Crippen LogP contribution is 2.68. The zero-order valence-corrected chi connectivity index (χ0v) is 17.1. The fraction of sp³-hybridized carbons (Fsp3) is 0.905. The number of alkyl halides is 1. The molecule has 0 heterocycles. The van der Waals surface area contributed by atoms with Gasteiger partial charge in [0.25, 0.3) is 0 Å². The molecule has 25 heavy (non-hydrogen) atoms. The first kappa shape index (κ1) is 18.2. The number of fused-ring (bicyclic) bond motifs is 5. The number of carbonyl (C=O) groups is 2.